The van der Waals surface area contributed by atoms with Crippen LogP contribution in [0.15, 0.2) is 24.3 Å². The van der Waals surface area contributed by atoms with Gasteiger partial charge >= 0.3 is 0 Å². The third-order valence-electron chi connectivity index (χ3n) is 4.95. The van der Waals surface area contributed by atoms with E-state index in [-0.39, 0.29) is 0 Å². The van der Waals surface area contributed by atoms with Crippen LogP contribution in [0.5, 0.6) is 5.75 Å². The van der Waals surface area contributed by atoms with Gasteiger partial charge in [0, 0.05) is 18.6 Å². The summed E-state index contributed by atoms with van der Waals surface area (Å²) in [6.07, 6.45) is 5.06. The smallest absolute Gasteiger partial charge is 0.118 e. The molecule has 2 aliphatic rings. The predicted octanol–water partition coefficient (Wildman–Crippen LogP) is 2.05. The van der Waals surface area contributed by atoms with Gasteiger partial charge < -0.3 is 10.5 Å². The number of ether oxygens (including phenoxy) is 1. The molecule has 2 atom stereocenters. The molecule has 0 saturated carbocycles. The van der Waals surface area contributed by atoms with Gasteiger partial charge in [-0.05, 0) is 55.8 Å². The van der Waals surface area contributed by atoms with E-state index in [0.717, 1.165) is 18.2 Å². The van der Waals surface area contributed by atoms with Crippen molar-refractivity contribution in [3.8, 4) is 5.75 Å². The van der Waals surface area contributed by atoms with Gasteiger partial charge in [0.05, 0.1) is 7.11 Å². The average Bonchev–Trinajstić information content (AvgIpc) is 2.96. The van der Waals surface area contributed by atoms with Gasteiger partial charge in [-0.25, -0.2) is 0 Å². The van der Waals surface area contributed by atoms with Crippen LogP contribution < -0.4 is 10.5 Å². The van der Waals surface area contributed by atoms with E-state index in [1.165, 1.54) is 44.3 Å². The highest BCUT2D eigenvalue weighted by atomic mass is 16.5. The van der Waals surface area contributed by atoms with E-state index in [1.807, 2.05) is 0 Å². The lowest BCUT2D eigenvalue weighted by molar-refractivity contribution is 0.204. The summed E-state index contributed by atoms with van der Waals surface area (Å²) < 4.78 is 5.21. The molecule has 0 aromatic heterocycles. The number of hydrogen-bond acceptors (Lipinski definition) is 3. The van der Waals surface area contributed by atoms with Crippen molar-refractivity contribution in [2.45, 2.75) is 31.2 Å². The van der Waals surface area contributed by atoms with Gasteiger partial charge in [-0.15, -0.1) is 0 Å². The van der Waals surface area contributed by atoms with Crippen molar-refractivity contribution in [1.29, 1.82) is 0 Å². The normalized spacial score (nSPS) is 30.5. The van der Waals surface area contributed by atoms with Gasteiger partial charge in [0.15, 0.2) is 0 Å². The van der Waals surface area contributed by atoms with E-state index in [0.29, 0.717) is 5.54 Å². The van der Waals surface area contributed by atoms with Crippen LogP contribution in [0, 0.1) is 5.92 Å². The average molecular weight is 260 g/mol. The Labute approximate surface area is 115 Å². The van der Waals surface area contributed by atoms with Crippen molar-refractivity contribution in [3.63, 3.8) is 0 Å². The summed E-state index contributed by atoms with van der Waals surface area (Å²) >= 11 is 0. The molecule has 2 heterocycles. The van der Waals surface area contributed by atoms with Crippen LogP contribution in [0.2, 0.25) is 0 Å². The number of nitrogens with zero attached hydrogens (tertiary/aromatic N) is 1. The Morgan fingerprint density at radius 3 is 2.79 bits per heavy atom. The fraction of sp³-hybridized carbons (Fsp3) is 0.625. The van der Waals surface area contributed by atoms with Crippen LogP contribution in [0.3, 0.4) is 0 Å². The zero-order valence-electron chi connectivity index (χ0n) is 11.8. The Balaban J connectivity index is 1.65. The summed E-state index contributed by atoms with van der Waals surface area (Å²) in [6.45, 7) is 3.30. The first kappa shape index (κ1) is 12.9. The summed E-state index contributed by atoms with van der Waals surface area (Å²) in [5.74, 6) is 1.70. The molecule has 0 aliphatic carbocycles. The maximum Gasteiger partial charge on any atom is 0.118 e. The highest BCUT2D eigenvalue weighted by Crippen LogP contribution is 2.41. The molecule has 2 aliphatic heterocycles. The quantitative estimate of drug-likeness (QED) is 0.900. The molecule has 2 N–H and O–H groups in total. The summed E-state index contributed by atoms with van der Waals surface area (Å²) in [6, 6.07) is 8.50. The first-order chi connectivity index (χ1) is 9.25. The monoisotopic (exact) mass is 260 g/mol. The van der Waals surface area contributed by atoms with E-state index in [2.05, 4.69) is 29.2 Å². The number of methoxy groups -OCH3 is 1. The van der Waals surface area contributed by atoms with E-state index < -0.39 is 0 Å². The molecule has 3 heteroatoms. The van der Waals surface area contributed by atoms with E-state index in [9.17, 15) is 0 Å². The van der Waals surface area contributed by atoms with E-state index >= 15 is 0 Å². The third-order valence-corrected chi connectivity index (χ3v) is 4.95. The Morgan fingerprint density at radius 2 is 2.16 bits per heavy atom. The van der Waals surface area contributed by atoms with Crippen LogP contribution >= 0.6 is 0 Å². The molecule has 19 heavy (non-hydrogen) atoms. The first-order valence-electron chi connectivity index (χ1n) is 7.34. The van der Waals surface area contributed by atoms with Gasteiger partial charge in [-0.2, -0.15) is 0 Å². The first-order valence-corrected chi connectivity index (χ1v) is 7.34. The molecule has 2 saturated heterocycles. The van der Waals surface area contributed by atoms with Crippen LogP contribution in [-0.4, -0.2) is 37.2 Å². The largest absolute Gasteiger partial charge is 0.497 e. The fourth-order valence-corrected chi connectivity index (χ4v) is 3.97. The number of rotatable bonds is 4. The SMILES string of the molecule is COc1ccc(C[C@@H]2CN3CCC[C@]3(CN)C2)cc1. The van der Waals surface area contributed by atoms with Crippen molar-refractivity contribution in [2.75, 3.05) is 26.7 Å². The summed E-state index contributed by atoms with van der Waals surface area (Å²) in [5.41, 5.74) is 7.79. The third kappa shape index (κ3) is 2.37. The molecule has 2 fully saturated rings. The Kier molecular flexibility index (Phi) is 3.50. The fourth-order valence-electron chi connectivity index (χ4n) is 3.97. The van der Waals surface area contributed by atoms with Crippen molar-refractivity contribution in [2.24, 2.45) is 11.7 Å². The standard InChI is InChI=1S/C16H24N2O/c1-19-15-5-3-13(4-6-15)9-14-10-16(12-17)7-2-8-18(16)11-14/h3-6,14H,2,7-12,17H2,1H3/t14-,16+/m0/s1. The van der Waals surface area contributed by atoms with Gasteiger partial charge in [0.1, 0.15) is 5.75 Å². The summed E-state index contributed by atoms with van der Waals surface area (Å²) in [5, 5.41) is 0. The summed E-state index contributed by atoms with van der Waals surface area (Å²) in [7, 11) is 1.71. The van der Waals surface area contributed by atoms with E-state index in [1.54, 1.807) is 7.11 Å². The van der Waals surface area contributed by atoms with E-state index in [4.69, 9.17) is 10.5 Å². The molecular formula is C16H24N2O. The number of benzene rings is 1. The van der Waals surface area contributed by atoms with Gasteiger partial charge in [0.25, 0.3) is 0 Å². The maximum absolute atomic E-state index is 6.05. The molecule has 3 nitrogen and oxygen atoms in total. The van der Waals surface area contributed by atoms with Gasteiger partial charge in [-0.1, -0.05) is 12.1 Å². The summed E-state index contributed by atoms with van der Waals surface area (Å²) in [4.78, 5) is 2.64. The Bertz CT molecular complexity index is 431. The van der Waals surface area contributed by atoms with Gasteiger partial charge in [-0.3, -0.25) is 4.90 Å². The Hall–Kier alpha value is -1.06. The molecule has 0 bridgehead atoms. The lowest BCUT2D eigenvalue weighted by Crippen LogP contribution is -2.44. The van der Waals surface area contributed by atoms with Crippen LogP contribution in [0.25, 0.3) is 0 Å². The molecule has 3 rings (SSSR count). The number of fused-ring (bicyclic) bond motifs is 1. The molecule has 1 aromatic rings. The second kappa shape index (κ2) is 5.14. The highest BCUT2D eigenvalue weighted by molar-refractivity contribution is 5.27. The van der Waals surface area contributed by atoms with Crippen molar-refractivity contribution >= 4 is 0 Å². The minimum absolute atomic E-state index is 0.330. The number of hydrogen-bond donors (Lipinski definition) is 1. The minimum atomic E-state index is 0.330. The second-order valence-corrected chi connectivity index (χ2v) is 6.10. The molecule has 104 valence electrons. The zero-order valence-corrected chi connectivity index (χ0v) is 11.8. The van der Waals surface area contributed by atoms with Crippen LogP contribution in [-0.2, 0) is 6.42 Å². The zero-order chi connectivity index (χ0) is 13.3. The maximum atomic E-state index is 6.05. The number of nitrogens with two attached hydrogens (primary N) is 1. The second-order valence-electron chi connectivity index (χ2n) is 6.10. The predicted molar refractivity (Wildman–Crippen MR) is 77.4 cm³/mol. The van der Waals surface area contributed by atoms with Crippen molar-refractivity contribution in [1.82, 2.24) is 4.90 Å². The van der Waals surface area contributed by atoms with Crippen LogP contribution in [0.1, 0.15) is 24.8 Å². The lowest BCUT2D eigenvalue weighted by Gasteiger charge is -2.30. The molecule has 1 aromatic carbocycles. The molecule has 0 unspecified atom stereocenters. The highest BCUT2D eigenvalue weighted by Gasteiger charge is 2.46. The Morgan fingerprint density at radius 1 is 1.37 bits per heavy atom. The minimum Gasteiger partial charge on any atom is -0.497 e. The topological polar surface area (TPSA) is 38.5 Å². The molecule has 0 amide bonds. The van der Waals surface area contributed by atoms with Crippen molar-refractivity contribution in [3.05, 3.63) is 29.8 Å². The molecule has 0 spiro atoms. The van der Waals surface area contributed by atoms with Crippen LogP contribution in [0.4, 0.5) is 0 Å². The molecule has 0 radical (unpaired) electrons. The molecular weight excluding hydrogens is 236 g/mol. The van der Waals surface area contributed by atoms with Gasteiger partial charge in [0.2, 0.25) is 0 Å². The lowest BCUT2D eigenvalue weighted by atomic mass is 9.87. The van der Waals surface area contributed by atoms with Crippen molar-refractivity contribution < 1.29 is 4.74 Å².